The Morgan fingerprint density at radius 3 is 2.68 bits per heavy atom. The van der Waals surface area contributed by atoms with Gasteiger partial charge in [-0.1, -0.05) is 6.07 Å². The summed E-state index contributed by atoms with van der Waals surface area (Å²) < 4.78 is 16.4. The van der Waals surface area contributed by atoms with Crippen molar-refractivity contribution in [2.75, 3.05) is 40.5 Å². The lowest BCUT2D eigenvalue weighted by atomic mass is 10.1. The van der Waals surface area contributed by atoms with Gasteiger partial charge in [-0.2, -0.15) is 0 Å². The average Bonchev–Trinajstić information content (AvgIpc) is 3.02. The van der Waals surface area contributed by atoms with Gasteiger partial charge in [0.05, 0.1) is 26.9 Å². The minimum atomic E-state index is -0.188. The minimum absolute atomic E-state index is 0.0589. The second kappa shape index (κ2) is 8.03. The molecule has 0 aliphatic carbocycles. The maximum absolute atomic E-state index is 12.8. The van der Waals surface area contributed by atoms with Crippen LogP contribution in [-0.2, 0) is 4.74 Å². The maximum Gasteiger partial charge on any atom is 0.259 e. The Kier molecular flexibility index (Phi) is 5.78. The molecule has 0 unspecified atom stereocenters. The summed E-state index contributed by atoms with van der Waals surface area (Å²) >= 11 is 0. The number of hydrogen-bond donors (Lipinski definition) is 2. The third kappa shape index (κ3) is 3.89. The van der Waals surface area contributed by atoms with E-state index in [9.17, 15) is 4.79 Å². The third-order valence-electron chi connectivity index (χ3n) is 4.93. The van der Waals surface area contributed by atoms with E-state index >= 15 is 0 Å². The maximum atomic E-state index is 12.8. The van der Waals surface area contributed by atoms with E-state index in [1.165, 1.54) is 0 Å². The molecule has 3 atom stereocenters. The summed E-state index contributed by atoms with van der Waals surface area (Å²) in [6.45, 7) is 2.38. The molecule has 1 aromatic rings. The van der Waals surface area contributed by atoms with Gasteiger partial charge in [0, 0.05) is 31.8 Å². The molecule has 1 aromatic carbocycles. The first kappa shape index (κ1) is 18.0. The number of aliphatic hydroxyl groups is 1. The van der Waals surface area contributed by atoms with Crippen LogP contribution in [0.3, 0.4) is 0 Å². The first-order valence-electron chi connectivity index (χ1n) is 8.64. The molecule has 0 radical (unpaired) electrons. The Labute approximate surface area is 147 Å². The number of rotatable bonds is 6. The van der Waals surface area contributed by atoms with Crippen LogP contribution in [0.15, 0.2) is 18.2 Å². The van der Waals surface area contributed by atoms with E-state index in [0.29, 0.717) is 36.1 Å². The molecule has 2 aliphatic heterocycles. The lowest BCUT2D eigenvalue weighted by molar-refractivity contribution is -0.0566. The van der Waals surface area contributed by atoms with Gasteiger partial charge in [0.1, 0.15) is 17.1 Å². The molecular formula is C18H26N2O5. The normalized spacial score (nSPS) is 26.1. The number of hydrogen-bond acceptors (Lipinski definition) is 6. The molecule has 2 heterocycles. The Bertz CT molecular complexity index is 587. The number of methoxy groups -OCH3 is 2. The molecule has 0 bridgehead atoms. The number of nitrogens with one attached hydrogen (secondary N) is 1. The Balaban J connectivity index is 1.65. The van der Waals surface area contributed by atoms with E-state index in [4.69, 9.17) is 19.3 Å². The largest absolute Gasteiger partial charge is 0.496 e. The summed E-state index contributed by atoms with van der Waals surface area (Å²) in [5, 5.41) is 12.2. The van der Waals surface area contributed by atoms with Crippen molar-refractivity contribution in [2.45, 2.75) is 31.0 Å². The molecular weight excluding hydrogens is 324 g/mol. The minimum Gasteiger partial charge on any atom is -0.496 e. The Morgan fingerprint density at radius 1 is 1.32 bits per heavy atom. The smallest absolute Gasteiger partial charge is 0.259 e. The molecule has 1 amide bonds. The van der Waals surface area contributed by atoms with Crippen molar-refractivity contribution in [3.8, 4) is 11.5 Å². The predicted octanol–water partition coefficient (Wildman–Crippen LogP) is 0.658. The molecule has 7 heteroatoms. The van der Waals surface area contributed by atoms with Crippen LogP contribution < -0.4 is 14.8 Å². The molecule has 25 heavy (non-hydrogen) atoms. The number of nitrogens with zero attached hydrogens (tertiary/aromatic N) is 1. The molecule has 2 fully saturated rings. The molecule has 2 N–H and O–H groups in total. The van der Waals surface area contributed by atoms with E-state index in [0.717, 1.165) is 19.5 Å². The summed E-state index contributed by atoms with van der Waals surface area (Å²) in [7, 11) is 3.08. The van der Waals surface area contributed by atoms with Crippen LogP contribution in [0.25, 0.3) is 0 Å². The van der Waals surface area contributed by atoms with E-state index in [1.54, 1.807) is 32.4 Å². The summed E-state index contributed by atoms with van der Waals surface area (Å²) in [4.78, 5) is 15.1. The number of benzene rings is 1. The van der Waals surface area contributed by atoms with Gasteiger partial charge in [0.15, 0.2) is 0 Å². The lowest BCUT2D eigenvalue weighted by Crippen LogP contribution is -2.46. The molecule has 0 saturated carbocycles. The number of morpholine rings is 1. The van der Waals surface area contributed by atoms with Crippen LogP contribution in [0, 0.1) is 0 Å². The highest BCUT2D eigenvalue weighted by molar-refractivity contribution is 5.99. The van der Waals surface area contributed by atoms with E-state index in [-0.39, 0.29) is 24.7 Å². The van der Waals surface area contributed by atoms with Crippen molar-refractivity contribution in [1.29, 1.82) is 0 Å². The average molecular weight is 350 g/mol. The van der Waals surface area contributed by atoms with Crippen molar-refractivity contribution in [2.24, 2.45) is 0 Å². The zero-order valence-corrected chi connectivity index (χ0v) is 14.7. The predicted molar refractivity (Wildman–Crippen MR) is 92.2 cm³/mol. The standard InChI is InChI=1S/C18H26N2O5/c1-23-15-4-3-5-16(24-2)17(15)18(22)19-12-8-13-11-25-14(6-7-21)10-20(13)9-12/h3-5,12-14,21H,6-11H2,1-2H3,(H,19,22)/t12-,13+,14+/m1/s1. The van der Waals surface area contributed by atoms with Gasteiger partial charge < -0.3 is 24.6 Å². The number of aliphatic hydroxyl groups excluding tert-OH is 1. The van der Waals surface area contributed by atoms with Gasteiger partial charge in [-0.15, -0.1) is 0 Å². The van der Waals surface area contributed by atoms with Gasteiger partial charge in [0.2, 0.25) is 0 Å². The summed E-state index contributed by atoms with van der Waals surface area (Å²) in [6, 6.07) is 5.68. The molecule has 2 saturated heterocycles. The van der Waals surface area contributed by atoms with Crippen molar-refractivity contribution in [1.82, 2.24) is 10.2 Å². The number of amides is 1. The number of carbonyl (C=O) groups is 1. The fraction of sp³-hybridized carbons (Fsp3) is 0.611. The van der Waals surface area contributed by atoms with Crippen molar-refractivity contribution >= 4 is 5.91 Å². The second-order valence-corrected chi connectivity index (χ2v) is 6.52. The summed E-state index contributed by atoms with van der Waals surface area (Å²) in [5.74, 6) is 0.810. The SMILES string of the molecule is COc1cccc(OC)c1C(=O)N[C@@H]1C[C@H]2CO[C@@H](CCO)CN2C1. The molecule has 7 nitrogen and oxygen atoms in total. The van der Waals surface area contributed by atoms with Crippen molar-refractivity contribution < 1.29 is 24.1 Å². The molecule has 138 valence electrons. The highest BCUT2D eigenvalue weighted by Crippen LogP contribution is 2.29. The Hall–Kier alpha value is -1.83. The van der Waals surface area contributed by atoms with Gasteiger partial charge in [-0.05, 0) is 25.0 Å². The summed E-state index contributed by atoms with van der Waals surface area (Å²) in [5.41, 5.74) is 0.423. The van der Waals surface area contributed by atoms with Gasteiger partial charge in [-0.3, -0.25) is 9.69 Å². The van der Waals surface area contributed by atoms with Crippen LogP contribution in [0.2, 0.25) is 0 Å². The van der Waals surface area contributed by atoms with Gasteiger partial charge in [-0.25, -0.2) is 0 Å². The quantitative estimate of drug-likeness (QED) is 0.785. The number of carbonyl (C=O) groups excluding carboxylic acids is 1. The monoisotopic (exact) mass is 350 g/mol. The second-order valence-electron chi connectivity index (χ2n) is 6.52. The van der Waals surface area contributed by atoms with E-state index < -0.39 is 0 Å². The zero-order valence-electron chi connectivity index (χ0n) is 14.7. The van der Waals surface area contributed by atoms with E-state index in [1.807, 2.05) is 0 Å². The molecule has 2 aliphatic rings. The van der Waals surface area contributed by atoms with Crippen LogP contribution in [0.4, 0.5) is 0 Å². The first-order chi connectivity index (χ1) is 12.2. The van der Waals surface area contributed by atoms with Gasteiger partial charge >= 0.3 is 0 Å². The number of fused-ring (bicyclic) bond motifs is 1. The molecule has 0 spiro atoms. The first-order valence-corrected chi connectivity index (χ1v) is 8.64. The van der Waals surface area contributed by atoms with E-state index in [2.05, 4.69) is 10.2 Å². The van der Waals surface area contributed by atoms with Crippen molar-refractivity contribution in [3.63, 3.8) is 0 Å². The third-order valence-corrected chi connectivity index (χ3v) is 4.93. The Morgan fingerprint density at radius 2 is 2.04 bits per heavy atom. The summed E-state index contributed by atoms with van der Waals surface area (Å²) in [6.07, 6.45) is 1.58. The zero-order chi connectivity index (χ0) is 17.8. The highest BCUT2D eigenvalue weighted by atomic mass is 16.5. The van der Waals surface area contributed by atoms with Crippen LogP contribution in [0.1, 0.15) is 23.2 Å². The van der Waals surface area contributed by atoms with Crippen LogP contribution in [0.5, 0.6) is 11.5 Å². The fourth-order valence-electron chi connectivity index (χ4n) is 3.70. The fourth-order valence-corrected chi connectivity index (χ4v) is 3.70. The lowest BCUT2D eigenvalue weighted by Gasteiger charge is -2.34. The number of ether oxygens (including phenoxy) is 3. The van der Waals surface area contributed by atoms with Crippen molar-refractivity contribution in [3.05, 3.63) is 23.8 Å². The highest BCUT2D eigenvalue weighted by Gasteiger charge is 2.38. The molecule has 0 aromatic heterocycles. The van der Waals surface area contributed by atoms with Gasteiger partial charge in [0.25, 0.3) is 5.91 Å². The van der Waals surface area contributed by atoms with Crippen LogP contribution in [-0.4, -0.2) is 74.6 Å². The molecule has 3 rings (SSSR count). The topological polar surface area (TPSA) is 80.3 Å². The van der Waals surface area contributed by atoms with Crippen LogP contribution >= 0.6 is 0 Å².